The second kappa shape index (κ2) is 10.2. The zero-order valence-corrected chi connectivity index (χ0v) is 22.3. The topological polar surface area (TPSA) is 94.7 Å². The molecule has 0 aliphatic heterocycles. The minimum atomic E-state index is -1.03. The number of nitrogens with zero attached hydrogens (tertiary/aromatic N) is 2. The Morgan fingerprint density at radius 2 is 1.85 bits per heavy atom. The largest absolute Gasteiger partial charge is 0.489 e. The number of benzene rings is 3. The molecule has 0 radical (unpaired) electrons. The molecule has 0 amide bonds. The average molecular weight is 561 g/mol. The molecule has 1 aliphatic rings. The summed E-state index contributed by atoms with van der Waals surface area (Å²) >= 11 is 13.0. The van der Waals surface area contributed by atoms with Crippen LogP contribution in [0.1, 0.15) is 46.0 Å². The lowest BCUT2D eigenvalue weighted by molar-refractivity contribution is 0.0696. The summed E-state index contributed by atoms with van der Waals surface area (Å²) < 4.78 is 18.0. The van der Waals surface area contributed by atoms with Crippen molar-refractivity contribution in [2.75, 3.05) is 0 Å². The number of carboxylic acid groups (broad SMARTS) is 1. The van der Waals surface area contributed by atoms with Crippen molar-refractivity contribution in [3.8, 4) is 28.6 Å². The number of aromatic nitrogens is 2. The van der Waals surface area contributed by atoms with Crippen LogP contribution in [0.5, 0.6) is 17.4 Å². The first-order valence-corrected chi connectivity index (χ1v) is 13.1. The van der Waals surface area contributed by atoms with Gasteiger partial charge < -0.3 is 19.1 Å². The molecule has 0 unspecified atom stereocenters. The Labute approximate surface area is 233 Å². The quantitative estimate of drug-likeness (QED) is 0.203. The second-order valence-corrected chi connectivity index (χ2v) is 10.2. The van der Waals surface area contributed by atoms with Crippen molar-refractivity contribution in [1.29, 1.82) is 0 Å². The van der Waals surface area contributed by atoms with E-state index in [1.807, 2.05) is 36.4 Å². The van der Waals surface area contributed by atoms with Gasteiger partial charge in [-0.05, 0) is 67.6 Å². The van der Waals surface area contributed by atoms with E-state index in [-0.39, 0.29) is 12.2 Å². The van der Waals surface area contributed by atoms with E-state index < -0.39 is 5.97 Å². The van der Waals surface area contributed by atoms with Gasteiger partial charge in [0, 0.05) is 28.6 Å². The van der Waals surface area contributed by atoms with Crippen LogP contribution in [0.15, 0.2) is 71.4 Å². The molecule has 0 saturated heterocycles. The van der Waals surface area contributed by atoms with Crippen molar-refractivity contribution in [2.45, 2.75) is 32.3 Å². The molecule has 1 fully saturated rings. The Balaban J connectivity index is 1.27. The summed E-state index contributed by atoms with van der Waals surface area (Å²) in [6.45, 7) is 2.00. The van der Waals surface area contributed by atoms with Gasteiger partial charge in [0.1, 0.15) is 29.6 Å². The lowest BCUT2D eigenvalue weighted by Crippen LogP contribution is -2.00. The van der Waals surface area contributed by atoms with E-state index >= 15 is 0 Å². The van der Waals surface area contributed by atoms with Gasteiger partial charge in [0.05, 0.1) is 21.2 Å². The van der Waals surface area contributed by atoms with Crippen LogP contribution in [0.25, 0.3) is 22.0 Å². The maximum atomic E-state index is 11.2. The predicted molar refractivity (Wildman–Crippen MR) is 148 cm³/mol. The molecular weight excluding hydrogens is 539 g/mol. The third-order valence-electron chi connectivity index (χ3n) is 6.65. The summed E-state index contributed by atoms with van der Waals surface area (Å²) in [6, 6.07) is 18.3. The standard InChI is InChI=1S/C30H22Cl2N2O5/c1-16-12-19(30(35)36)14-33-29(16)38-25-7-2-4-18-13-20(10-11-21(18)25)37-15-22-27(34-39-28(22)17-8-9-17)26-23(31)5-3-6-24(26)32/h2-7,10-14,17H,8-9,15H2,1H3,(H,35,36). The van der Waals surface area contributed by atoms with Crippen LogP contribution >= 0.6 is 23.2 Å². The molecule has 3 aromatic carbocycles. The molecule has 6 rings (SSSR count). The van der Waals surface area contributed by atoms with Crippen LogP contribution in [-0.4, -0.2) is 21.2 Å². The molecule has 2 heterocycles. The van der Waals surface area contributed by atoms with Crippen LogP contribution in [0.4, 0.5) is 0 Å². The van der Waals surface area contributed by atoms with Gasteiger partial charge in [0.25, 0.3) is 0 Å². The van der Waals surface area contributed by atoms with Gasteiger partial charge in [-0.15, -0.1) is 0 Å². The number of carboxylic acids is 1. The number of pyridine rings is 1. The van der Waals surface area contributed by atoms with Crippen LogP contribution in [-0.2, 0) is 6.61 Å². The lowest BCUT2D eigenvalue weighted by atomic mass is 10.0. The minimum absolute atomic E-state index is 0.109. The molecule has 2 aromatic heterocycles. The number of halogens is 2. The van der Waals surface area contributed by atoms with Crippen LogP contribution in [0, 0.1) is 6.92 Å². The van der Waals surface area contributed by atoms with Crippen LogP contribution in [0.3, 0.4) is 0 Å². The molecule has 7 nitrogen and oxygen atoms in total. The van der Waals surface area contributed by atoms with Crippen molar-refractivity contribution >= 4 is 39.9 Å². The summed E-state index contributed by atoms with van der Waals surface area (Å²) in [5, 5.41) is 16.3. The van der Waals surface area contributed by atoms with Gasteiger partial charge in [-0.25, -0.2) is 9.78 Å². The summed E-state index contributed by atoms with van der Waals surface area (Å²) in [4.78, 5) is 15.4. The van der Waals surface area contributed by atoms with Crippen LogP contribution in [0.2, 0.25) is 10.0 Å². The lowest BCUT2D eigenvalue weighted by Gasteiger charge is -2.12. The Kier molecular flexibility index (Phi) is 6.62. The van der Waals surface area contributed by atoms with Crippen molar-refractivity contribution in [2.24, 2.45) is 0 Å². The molecular formula is C30H22Cl2N2O5. The Morgan fingerprint density at radius 1 is 1.08 bits per heavy atom. The molecule has 0 bridgehead atoms. The fraction of sp³-hybridized carbons (Fsp3) is 0.167. The first kappa shape index (κ1) is 25.2. The maximum Gasteiger partial charge on any atom is 0.337 e. The molecule has 0 spiro atoms. The second-order valence-electron chi connectivity index (χ2n) is 9.43. The number of aromatic carboxylic acids is 1. The highest BCUT2D eigenvalue weighted by Crippen LogP contribution is 2.46. The van der Waals surface area contributed by atoms with Gasteiger partial charge in [0.15, 0.2) is 0 Å². The van der Waals surface area contributed by atoms with Gasteiger partial charge in [-0.3, -0.25) is 0 Å². The Bertz CT molecular complexity index is 1710. The number of fused-ring (bicyclic) bond motifs is 1. The fourth-order valence-electron chi connectivity index (χ4n) is 4.50. The third kappa shape index (κ3) is 5.03. The number of carbonyl (C=O) groups is 1. The highest BCUT2D eigenvalue weighted by atomic mass is 35.5. The van der Waals surface area contributed by atoms with E-state index in [2.05, 4.69) is 10.1 Å². The number of hydrogen-bond donors (Lipinski definition) is 1. The van der Waals surface area contributed by atoms with Crippen molar-refractivity contribution in [3.05, 3.63) is 99.4 Å². The van der Waals surface area contributed by atoms with E-state index in [1.54, 1.807) is 25.1 Å². The van der Waals surface area contributed by atoms with Gasteiger partial charge >= 0.3 is 5.97 Å². The van der Waals surface area contributed by atoms with Gasteiger partial charge in [-0.2, -0.15) is 0 Å². The molecule has 5 aromatic rings. The average Bonchev–Trinajstić information content (AvgIpc) is 3.68. The number of hydrogen-bond acceptors (Lipinski definition) is 6. The van der Waals surface area contributed by atoms with Gasteiger partial charge in [0.2, 0.25) is 5.88 Å². The van der Waals surface area contributed by atoms with Crippen molar-refractivity contribution in [3.63, 3.8) is 0 Å². The summed E-state index contributed by atoms with van der Waals surface area (Å²) in [6.07, 6.45) is 3.38. The Morgan fingerprint density at radius 3 is 2.56 bits per heavy atom. The van der Waals surface area contributed by atoms with E-state index in [9.17, 15) is 9.90 Å². The van der Waals surface area contributed by atoms with E-state index in [0.717, 1.165) is 34.9 Å². The maximum absolute atomic E-state index is 11.2. The summed E-state index contributed by atoms with van der Waals surface area (Å²) in [7, 11) is 0. The number of aryl methyl sites for hydroxylation is 1. The van der Waals surface area contributed by atoms with Gasteiger partial charge in [-0.1, -0.05) is 46.6 Å². The van der Waals surface area contributed by atoms with Crippen molar-refractivity contribution < 1.29 is 23.9 Å². The molecule has 0 atom stereocenters. The van der Waals surface area contributed by atoms with E-state index in [1.165, 1.54) is 12.3 Å². The zero-order chi connectivity index (χ0) is 27.1. The van der Waals surface area contributed by atoms with E-state index in [0.29, 0.717) is 50.2 Å². The van der Waals surface area contributed by atoms with E-state index in [4.69, 9.17) is 37.2 Å². The first-order valence-electron chi connectivity index (χ1n) is 12.3. The SMILES string of the molecule is Cc1cc(C(=O)O)cnc1Oc1cccc2cc(OCc3c(-c4c(Cl)cccc4Cl)noc3C3CC3)ccc12. The molecule has 1 N–H and O–H groups in total. The third-order valence-corrected chi connectivity index (χ3v) is 7.28. The molecule has 39 heavy (non-hydrogen) atoms. The first-order chi connectivity index (χ1) is 18.9. The molecule has 1 aliphatic carbocycles. The zero-order valence-electron chi connectivity index (χ0n) is 20.8. The number of rotatable bonds is 8. The summed E-state index contributed by atoms with van der Waals surface area (Å²) in [5.41, 5.74) is 2.81. The molecule has 9 heteroatoms. The molecule has 196 valence electrons. The minimum Gasteiger partial charge on any atom is -0.489 e. The van der Waals surface area contributed by atoms with Crippen LogP contribution < -0.4 is 9.47 Å². The normalized spacial score (nSPS) is 13.0. The van der Waals surface area contributed by atoms with Crippen molar-refractivity contribution in [1.82, 2.24) is 10.1 Å². The smallest absolute Gasteiger partial charge is 0.337 e. The fourth-order valence-corrected chi connectivity index (χ4v) is 5.08. The summed E-state index contributed by atoms with van der Waals surface area (Å²) in [5.74, 6) is 1.71. The molecule has 1 saturated carbocycles. The monoisotopic (exact) mass is 560 g/mol. The highest BCUT2D eigenvalue weighted by Gasteiger charge is 2.33. The highest BCUT2D eigenvalue weighted by molar-refractivity contribution is 6.39. The number of ether oxygens (including phenoxy) is 2. The Hall–Kier alpha value is -4.07. The predicted octanol–water partition coefficient (Wildman–Crippen LogP) is 8.45.